The molecule has 0 aliphatic carbocycles. The van der Waals surface area contributed by atoms with Crippen molar-refractivity contribution in [3.63, 3.8) is 0 Å². The van der Waals surface area contributed by atoms with Crippen LogP contribution in [0.25, 0.3) is 10.9 Å². The van der Waals surface area contributed by atoms with E-state index in [4.69, 9.17) is 32.7 Å². The van der Waals surface area contributed by atoms with E-state index in [1.807, 2.05) is 0 Å². The van der Waals surface area contributed by atoms with E-state index >= 15 is 0 Å². The SMILES string of the molecule is CCOC(=O)c1[nH]c2cc(Cl)cc(Cl)c2c1CN(CC(=O)OC)C(=O)NC(C)C. The van der Waals surface area contributed by atoms with Crippen LogP contribution >= 0.6 is 23.2 Å². The van der Waals surface area contributed by atoms with Gasteiger partial charge in [0.15, 0.2) is 0 Å². The summed E-state index contributed by atoms with van der Waals surface area (Å²) < 4.78 is 9.81. The molecule has 0 spiro atoms. The number of esters is 2. The molecule has 0 fully saturated rings. The lowest BCUT2D eigenvalue weighted by Gasteiger charge is -2.23. The third-order valence-electron chi connectivity index (χ3n) is 3.99. The van der Waals surface area contributed by atoms with E-state index in [0.29, 0.717) is 26.5 Å². The Hall–Kier alpha value is -2.45. The van der Waals surface area contributed by atoms with Crippen LogP contribution in [-0.4, -0.2) is 54.2 Å². The van der Waals surface area contributed by atoms with Gasteiger partial charge < -0.3 is 24.7 Å². The molecular weight excluding hydrogens is 421 g/mol. The number of carbonyl (C=O) groups excluding carboxylic acids is 3. The minimum atomic E-state index is -0.604. The van der Waals surface area contributed by atoms with E-state index in [2.05, 4.69) is 10.3 Å². The summed E-state index contributed by atoms with van der Waals surface area (Å²) >= 11 is 12.4. The van der Waals surface area contributed by atoms with Crippen LogP contribution in [-0.2, 0) is 20.8 Å². The summed E-state index contributed by atoms with van der Waals surface area (Å²) in [6, 6.07) is 2.52. The molecule has 0 aliphatic rings. The van der Waals surface area contributed by atoms with Crippen LogP contribution in [0, 0.1) is 0 Å². The number of rotatable bonds is 7. The van der Waals surface area contributed by atoms with Crippen molar-refractivity contribution < 1.29 is 23.9 Å². The van der Waals surface area contributed by atoms with Gasteiger partial charge in [-0.05, 0) is 32.9 Å². The molecule has 0 saturated heterocycles. The number of methoxy groups -OCH3 is 1. The zero-order valence-corrected chi connectivity index (χ0v) is 18.1. The standard InChI is InChI=1S/C19H23Cl2N3O5/c1-5-29-18(26)17-12(16-13(21)6-11(20)7-14(16)23-17)8-24(9-15(25)28-4)19(27)22-10(2)3/h6-7,10,23H,5,8-9H2,1-4H3,(H,22,27). The number of aromatic amines is 1. The van der Waals surface area contributed by atoms with Crippen LogP contribution in [0.2, 0.25) is 10.0 Å². The molecule has 1 aromatic carbocycles. The molecular formula is C19H23Cl2N3O5. The molecule has 158 valence electrons. The maximum Gasteiger partial charge on any atom is 0.355 e. The van der Waals surface area contributed by atoms with E-state index in [0.717, 1.165) is 0 Å². The van der Waals surface area contributed by atoms with Gasteiger partial charge in [-0.25, -0.2) is 9.59 Å². The lowest BCUT2D eigenvalue weighted by atomic mass is 10.1. The summed E-state index contributed by atoms with van der Waals surface area (Å²) in [6.07, 6.45) is 0. The highest BCUT2D eigenvalue weighted by molar-refractivity contribution is 6.39. The molecule has 2 aromatic rings. The van der Waals surface area contributed by atoms with Crippen LogP contribution in [0.3, 0.4) is 0 Å². The summed E-state index contributed by atoms with van der Waals surface area (Å²) in [7, 11) is 1.23. The second-order valence-electron chi connectivity index (χ2n) is 6.55. The summed E-state index contributed by atoms with van der Waals surface area (Å²) in [5, 5.41) is 3.94. The molecule has 1 aromatic heterocycles. The quantitative estimate of drug-likeness (QED) is 0.634. The number of amides is 2. The third kappa shape index (κ3) is 5.55. The van der Waals surface area contributed by atoms with Crippen molar-refractivity contribution in [2.45, 2.75) is 33.4 Å². The second kappa shape index (κ2) is 9.84. The fourth-order valence-electron chi connectivity index (χ4n) is 2.80. The van der Waals surface area contributed by atoms with Gasteiger partial charge in [-0.1, -0.05) is 23.2 Å². The first-order chi connectivity index (χ1) is 13.7. The minimum absolute atomic E-state index is 0.0802. The molecule has 0 bridgehead atoms. The fraction of sp³-hybridized carbons (Fsp3) is 0.421. The number of fused-ring (bicyclic) bond motifs is 1. The normalized spacial score (nSPS) is 10.9. The molecule has 2 N–H and O–H groups in total. The molecule has 1 heterocycles. The number of aromatic nitrogens is 1. The maximum absolute atomic E-state index is 12.6. The Morgan fingerprint density at radius 1 is 1.24 bits per heavy atom. The van der Waals surface area contributed by atoms with Gasteiger partial charge in [0.05, 0.1) is 25.3 Å². The van der Waals surface area contributed by atoms with Crippen LogP contribution < -0.4 is 5.32 Å². The van der Waals surface area contributed by atoms with Crippen molar-refractivity contribution >= 4 is 52.1 Å². The van der Waals surface area contributed by atoms with Gasteiger partial charge >= 0.3 is 18.0 Å². The molecule has 8 nitrogen and oxygen atoms in total. The Balaban J connectivity index is 2.57. The Bertz CT molecular complexity index is 926. The lowest BCUT2D eigenvalue weighted by Crippen LogP contribution is -2.45. The molecule has 0 atom stereocenters. The van der Waals surface area contributed by atoms with Crippen molar-refractivity contribution in [2.24, 2.45) is 0 Å². The molecule has 0 unspecified atom stereocenters. The predicted molar refractivity (Wildman–Crippen MR) is 110 cm³/mol. The van der Waals surface area contributed by atoms with Gasteiger partial charge in [0.1, 0.15) is 12.2 Å². The van der Waals surface area contributed by atoms with Gasteiger partial charge in [0.2, 0.25) is 0 Å². The average molecular weight is 444 g/mol. The molecule has 10 heteroatoms. The number of hydrogen-bond acceptors (Lipinski definition) is 5. The van der Waals surface area contributed by atoms with Crippen molar-refractivity contribution in [3.05, 3.63) is 33.4 Å². The molecule has 29 heavy (non-hydrogen) atoms. The highest BCUT2D eigenvalue weighted by Gasteiger charge is 2.26. The maximum atomic E-state index is 12.6. The largest absolute Gasteiger partial charge is 0.468 e. The molecule has 2 rings (SSSR count). The monoisotopic (exact) mass is 443 g/mol. The zero-order valence-electron chi connectivity index (χ0n) is 16.6. The number of ether oxygens (including phenoxy) is 2. The molecule has 0 saturated carbocycles. The average Bonchev–Trinajstić information content (AvgIpc) is 2.99. The van der Waals surface area contributed by atoms with Crippen molar-refractivity contribution in [3.8, 4) is 0 Å². The molecule has 0 radical (unpaired) electrons. The van der Waals surface area contributed by atoms with Crippen LogP contribution in [0.5, 0.6) is 0 Å². The minimum Gasteiger partial charge on any atom is -0.468 e. The van der Waals surface area contributed by atoms with Gasteiger partial charge in [-0.2, -0.15) is 0 Å². The predicted octanol–water partition coefficient (Wildman–Crippen LogP) is 3.74. The zero-order chi connectivity index (χ0) is 21.7. The van der Waals surface area contributed by atoms with Crippen LogP contribution in [0.15, 0.2) is 12.1 Å². The van der Waals surface area contributed by atoms with Crippen LogP contribution in [0.1, 0.15) is 36.8 Å². The second-order valence-corrected chi connectivity index (χ2v) is 7.39. The Morgan fingerprint density at radius 2 is 1.93 bits per heavy atom. The van der Waals surface area contributed by atoms with E-state index in [9.17, 15) is 14.4 Å². The highest BCUT2D eigenvalue weighted by atomic mass is 35.5. The Kier molecular flexibility index (Phi) is 7.75. The van der Waals surface area contributed by atoms with Gasteiger partial charge in [-0.3, -0.25) is 4.79 Å². The van der Waals surface area contributed by atoms with E-state index in [1.54, 1.807) is 26.8 Å². The molecule has 0 aliphatic heterocycles. The van der Waals surface area contributed by atoms with E-state index < -0.39 is 18.0 Å². The number of hydrogen-bond donors (Lipinski definition) is 2. The molecule has 2 amide bonds. The third-order valence-corrected chi connectivity index (χ3v) is 4.51. The Morgan fingerprint density at radius 3 is 2.52 bits per heavy atom. The van der Waals surface area contributed by atoms with Gasteiger partial charge in [-0.15, -0.1) is 0 Å². The van der Waals surface area contributed by atoms with Crippen molar-refractivity contribution in [1.29, 1.82) is 0 Å². The number of carbonyl (C=O) groups is 3. The summed E-state index contributed by atoms with van der Waals surface area (Å²) in [5.74, 6) is -1.20. The number of nitrogens with one attached hydrogen (secondary N) is 2. The fourth-order valence-corrected chi connectivity index (χ4v) is 3.41. The summed E-state index contributed by atoms with van der Waals surface area (Å²) in [6.45, 7) is 5.05. The summed E-state index contributed by atoms with van der Waals surface area (Å²) in [4.78, 5) is 41.2. The number of benzene rings is 1. The first-order valence-corrected chi connectivity index (χ1v) is 9.72. The number of halogens is 2. The first-order valence-electron chi connectivity index (χ1n) is 8.96. The van der Waals surface area contributed by atoms with Crippen molar-refractivity contribution in [2.75, 3.05) is 20.3 Å². The van der Waals surface area contributed by atoms with Gasteiger partial charge in [0.25, 0.3) is 0 Å². The van der Waals surface area contributed by atoms with E-state index in [-0.39, 0.29) is 31.4 Å². The highest BCUT2D eigenvalue weighted by Crippen LogP contribution is 2.33. The Labute approximate surface area is 178 Å². The number of H-pyrrole nitrogens is 1. The number of nitrogens with zero attached hydrogens (tertiary/aromatic N) is 1. The summed E-state index contributed by atoms with van der Waals surface area (Å²) in [5.41, 5.74) is 1.07. The van der Waals surface area contributed by atoms with Gasteiger partial charge in [0, 0.05) is 27.5 Å². The number of urea groups is 1. The lowest BCUT2D eigenvalue weighted by molar-refractivity contribution is -0.141. The topological polar surface area (TPSA) is 101 Å². The van der Waals surface area contributed by atoms with E-state index in [1.165, 1.54) is 18.1 Å². The smallest absolute Gasteiger partial charge is 0.355 e. The van der Waals surface area contributed by atoms with Crippen LogP contribution in [0.4, 0.5) is 4.79 Å². The first kappa shape index (κ1) is 22.8. The van der Waals surface area contributed by atoms with Crippen molar-refractivity contribution in [1.82, 2.24) is 15.2 Å².